The summed E-state index contributed by atoms with van der Waals surface area (Å²) in [6.45, 7) is 4.92. The van der Waals surface area contributed by atoms with Crippen molar-refractivity contribution in [1.82, 2.24) is 5.32 Å². The van der Waals surface area contributed by atoms with E-state index in [-0.39, 0.29) is 5.60 Å². The summed E-state index contributed by atoms with van der Waals surface area (Å²) in [7, 11) is 0. The number of rotatable bonds is 4. The summed E-state index contributed by atoms with van der Waals surface area (Å²) >= 11 is 1.91. The molecule has 0 aliphatic carbocycles. The van der Waals surface area contributed by atoms with Gasteiger partial charge in [-0.1, -0.05) is 0 Å². The zero-order chi connectivity index (χ0) is 12.1. The van der Waals surface area contributed by atoms with E-state index in [0.717, 1.165) is 45.5 Å². The van der Waals surface area contributed by atoms with Gasteiger partial charge in [0, 0.05) is 37.7 Å². The second-order valence-corrected chi connectivity index (χ2v) is 6.27. The zero-order valence-corrected chi connectivity index (χ0v) is 11.9. The van der Waals surface area contributed by atoms with Gasteiger partial charge in [-0.05, 0) is 38.9 Å². The highest BCUT2D eigenvalue weighted by Gasteiger charge is 2.39. The minimum Gasteiger partial charge on any atom is -0.381 e. The Morgan fingerprint density at radius 2 is 2.12 bits per heavy atom. The van der Waals surface area contributed by atoms with Crippen molar-refractivity contribution < 1.29 is 9.47 Å². The molecule has 2 unspecified atom stereocenters. The molecule has 1 N–H and O–H groups in total. The van der Waals surface area contributed by atoms with Crippen molar-refractivity contribution in [2.45, 2.75) is 50.3 Å². The molecule has 2 aliphatic heterocycles. The van der Waals surface area contributed by atoms with Crippen molar-refractivity contribution in [3.8, 4) is 0 Å². The van der Waals surface area contributed by atoms with Crippen LogP contribution in [0.15, 0.2) is 0 Å². The summed E-state index contributed by atoms with van der Waals surface area (Å²) in [5.41, 5.74) is 0.118. The SMILES string of the molecule is CSCC(C)NC1CCOC2(CCOCC2)C1. The van der Waals surface area contributed by atoms with Crippen molar-refractivity contribution in [3.63, 3.8) is 0 Å². The number of ether oxygens (including phenoxy) is 2. The van der Waals surface area contributed by atoms with Crippen LogP contribution in [0.2, 0.25) is 0 Å². The molecule has 0 saturated carbocycles. The largest absolute Gasteiger partial charge is 0.381 e. The van der Waals surface area contributed by atoms with Crippen LogP contribution in [0.25, 0.3) is 0 Å². The molecule has 1 spiro atoms. The van der Waals surface area contributed by atoms with E-state index in [2.05, 4.69) is 18.5 Å². The van der Waals surface area contributed by atoms with Gasteiger partial charge >= 0.3 is 0 Å². The fourth-order valence-electron chi connectivity index (χ4n) is 2.96. The van der Waals surface area contributed by atoms with Crippen molar-refractivity contribution >= 4 is 11.8 Å². The molecule has 2 heterocycles. The Hall–Kier alpha value is 0.230. The van der Waals surface area contributed by atoms with E-state index in [1.165, 1.54) is 5.75 Å². The maximum atomic E-state index is 6.05. The van der Waals surface area contributed by atoms with Crippen LogP contribution in [0.4, 0.5) is 0 Å². The van der Waals surface area contributed by atoms with E-state index in [4.69, 9.17) is 9.47 Å². The van der Waals surface area contributed by atoms with E-state index >= 15 is 0 Å². The summed E-state index contributed by atoms with van der Waals surface area (Å²) in [5, 5.41) is 3.75. The van der Waals surface area contributed by atoms with E-state index in [1.54, 1.807) is 0 Å². The first-order valence-corrected chi connectivity index (χ1v) is 8.10. The second kappa shape index (κ2) is 6.41. The molecule has 0 aromatic heterocycles. The molecule has 17 heavy (non-hydrogen) atoms. The summed E-state index contributed by atoms with van der Waals surface area (Å²) in [4.78, 5) is 0. The second-order valence-electron chi connectivity index (χ2n) is 5.36. The van der Waals surface area contributed by atoms with Crippen LogP contribution in [0.5, 0.6) is 0 Å². The average molecular weight is 259 g/mol. The first-order valence-electron chi connectivity index (χ1n) is 6.71. The zero-order valence-electron chi connectivity index (χ0n) is 11.0. The molecular weight excluding hydrogens is 234 g/mol. The van der Waals surface area contributed by atoms with Crippen LogP contribution in [0.1, 0.15) is 32.6 Å². The summed E-state index contributed by atoms with van der Waals surface area (Å²) in [5.74, 6) is 1.19. The quantitative estimate of drug-likeness (QED) is 0.837. The summed E-state index contributed by atoms with van der Waals surface area (Å²) < 4.78 is 11.5. The van der Waals surface area contributed by atoms with E-state index < -0.39 is 0 Å². The summed E-state index contributed by atoms with van der Waals surface area (Å²) in [6.07, 6.45) is 6.63. The Morgan fingerprint density at radius 1 is 1.35 bits per heavy atom. The Morgan fingerprint density at radius 3 is 2.82 bits per heavy atom. The van der Waals surface area contributed by atoms with Crippen LogP contribution in [-0.4, -0.2) is 49.5 Å². The van der Waals surface area contributed by atoms with Gasteiger partial charge in [-0.25, -0.2) is 0 Å². The topological polar surface area (TPSA) is 30.5 Å². The number of thioether (sulfide) groups is 1. The molecule has 100 valence electrons. The molecule has 2 aliphatic rings. The first-order chi connectivity index (χ1) is 8.24. The smallest absolute Gasteiger partial charge is 0.0741 e. The minimum atomic E-state index is 0.118. The summed E-state index contributed by atoms with van der Waals surface area (Å²) in [6, 6.07) is 1.23. The third kappa shape index (κ3) is 3.85. The van der Waals surface area contributed by atoms with Crippen molar-refractivity contribution in [3.05, 3.63) is 0 Å². The number of nitrogens with one attached hydrogen (secondary N) is 1. The Kier molecular flexibility index (Phi) is 5.15. The molecule has 3 nitrogen and oxygen atoms in total. The third-order valence-electron chi connectivity index (χ3n) is 3.83. The van der Waals surface area contributed by atoms with Gasteiger partial charge in [0.25, 0.3) is 0 Å². The maximum absolute atomic E-state index is 6.05. The molecule has 2 atom stereocenters. The lowest BCUT2D eigenvalue weighted by Crippen LogP contribution is -2.51. The van der Waals surface area contributed by atoms with E-state index in [9.17, 15) is 0 Å². The fourth-order valence-corrected chi connectivity index (χ4v) is 3.56. The average Bonchev–Trinajstić information content (AvgIpc) is 2.30. The normalized spacial score (nSPS) is 30.4. The molecule has 2 rings (SSSR count). The van der Waals surface area contributed by atoms with Crippen molar-refractivity contribution in [1.29, 1.82) is 0 Å². The standard InChI is InChI=1S/C13H25NO2S/c1-11(10-17-2)14-12-3-6-16-13(9-12)4-7-15-8-5-13/h11-12,14H,3-10H2,1-2H3. The minimum absolute atomic E-state index is 0.118. The predicted octanol–water partition coefficient (Wildman–Crippen LogP) is 2.06. The fraction of sp³-hybridized carbons (Fsp3) is 1.00. The van der Waals surface area contributed by atoms with Crippen molar-refractivity contribution in [2.24, 2.45) is 0 Å². The van der Waals surface area contributed by atoms with Gasteiger partial charge < -0.3 is 14.8 Å². The van der Waals surface area contributed by atoms with E-state index in [0.29, 0.717) is 12.1 Å². The van der Waals surface area contributed by atoms with Gasteiger partial charge in [-0.2, -0.15) is 11.8 Å². The molecule has 2 fully saturated rings. The van der Waals surface area contributed by atoms with E-state index in [1.807, 2.05) is 11.8 Å². The Labute approximate surface area is 109 Å². The Balaban J connectivity index is 1.83. The van der Waals surface area contributed by atoms with Gasteiger partial charge in [0.05, 0.1) is 5.60 Å². The highest BCUT2D eigenvalue weighted by molar-refractivity contribution is 7.98. The Bertz CT molecular complexity index is 226. The lowest BCUT2D eigenvalue weighted by atomic mass is 9.84. The molecule has 0 radical (unpaired) electrons. The molecule has 4 heteroatoms. The predicted molar refractivity (Wildman–Crippen MR) is 72.7 cm³/mol. The monoisotopic (exact) mass is 259 g/mol. The molecule has 2 saturated heterocycles. The van der Waals surface area contributed by atoms with Crippen molar-refractivity contribution in [2.75, 3.05) is 31.8 Å². The number of hydrogen-bond donors (Lipinski definition) is 1. The molecule has 0 aromatic carbocycles. The molecule has 0 amide bonds. The maximum Gasteiger partial charge on any atom is 0.0741 e. The highest BCUT2D eigenvalue weighted by Crippen LogP contribution is 2.34. The van der Waals surface area contributed by atoms with Crippen LogP contribution in [0.3, 0.4) is 0 Å². The van der Waals surface area contributed by atoms with Gasteiger partial charge in [-0.15, -0.1) is 0 Å². The first kappa shape index (κ1) is 13.7. The lowest BCUT2D eigenvalue weighted by Gasteiger charge is -2.44. The third-order valence-corrected chi connectivity index (χ3v) is 4.67. The van der Waals surface area contributed by atoms with Gasteiger partial charge in [0.1, 0.15) is 0 Å². The highest BCUT2D eigenvalue weighted by atomic mass is 32.2. The number of hydrogen-bond acceptors (Lipinski definition) is 4. The van der Waals surface area contributed by atoms with Crippen LogP contribution >= 0.6 is 11.8 Å². The van der Waals surface area contributed by atoms with Gasteiger partial charge in [0.2, 0.25) is 0 Å². The van der Waals surface area contributed by atoms with Gasteiger partial charge in [0.15, 0.2) is 0 Å². The van der Waals surface area contributed by atoms with Crippen LogP contribution in [-0.2, 0) is 9.47 Å². The van der Waals surface area contributed by atoms with Gasteiger partial charge in [-0.3, -0.25) is 0 Å². The lowest BCUT2D eigenvalue weighted by molar-refractivity contribution is -0.140. The molecular formula is C13H25NO2S. The molecule has 0 bridgehead atoms. The molecule has 0 aromatic rings. The van der Waals surface area contributed by atoms with Crippen LogP contribution < -0.4 is 5.32 Å². The van der Waals surface area contributed by atoms with Crippen LogP contribution in [0, 0.1) is 0 Å².